The fraction of sp³-hybridized carbons (Fsp3) is 0.312. The van der Waals surface area contributed by atoms with Crippen molar-refractivity contribution in [2.45, 2.75) is 32.1 Å². The first-order valence-electron chi connectivity index (χ1n) is 7.09. The van der Waals surface area contributed by atoms with Gasteiger partial charge in [-0.3, -0.25) is 14.6 Å². The number of aromatic nitrogens is 2. The predicted octanol–water partition coefficient (Wildman–Crippen LogP) is 2.14. The number of hydrogen-bond acceptors (Lipinski definition) is 3. The minimum absolute atomic E-state index is 0.0684. The molecular weight excluding hydrogens is 266 g/mol. The highest BCUT2D eigenvalue weighted by Gasteiger charge is 2.27. The number of H-pyrrole nitrogens is 1. The summed E-state index contributed by atoms with van der Waals surface area (Å²) in [5.74, 6) is -0.289. The van der Waals surface area contributed by atoms with Crippen molar-refractivity contribution >= 4 is 11.6 Å². The van der Waals surface area contributed by atoms with Crippen LogP contribution in [-0.4, -0.2) is 15.9 Å². The van der Waals surface area contributed by atoms with E-state index in [1.807, 2.05) is 12.1 Å². The van der Waals surface area contributed by atoms with E-state index in [2.05, 4.69) is 15.3 Å². The standard InChI is InChI=1S/C16H17N3O2/c1-10-8-12(9-18-15(10)20)19-16(21)13-6-2-4-11-5-3-7-17-14(11)13/h3,5,7-9,13H,2,4,6H2,1H3,(H,18,20)(H,19,21). The number of aryl methyl sites for hydroxylation is 2. The highest BCUT2D eigenvalue weighted by atomic mass is 16.2. The number of carbonyl (C=O) groups excluding carboxylic acids is 1. The summed E-state index contributed by atoms with van der Waals surface area (Å²) in [5.41, 5.74) is 3.08. The number of carbonyl (C=O) groups is 1. The molecule has 0 radical (unpaired) electrons. The second kappa shape index (κ2) is 5.52. The SMILES string of the molecule is Cc1cc(NC(=O)C2CCCc3cccnc32)c[nH]c1=O. The van der Waals surface area contributed by atoms with Gasteiger partial charge in [0.1, 0.15) is 0 Å². The van der Waals surface area contributed by atoms with Crippen molar-refractivity contribution in [3.05, 3.63) is 57.8 Å². The van der Waals surface area contributed by atoms with Gasteiger partial charge in [-0.1, -0.05) is 6.07 Å². The monoisotopic (exact) mass is 283 g/mol. The van der Waals surface area contributed by atoms with E-state index >= 15 is 0 Å². The van der Waals surface area contributed by atoms with E-state index in [4.69, 9.17) is 0 Å². The Bertz CT molecular complexity index is 736. The average molecular weight is 283 g/mol. The molecule has 0 aliphatic heterocycles. The maximum absolute atomic E-state index is 12.5. The van der Waals surface area contributed by atoms with Crippen LogP contribution in [0.2, 0.25) is 0 Å². The lowest BCUT2D eigenvalue weighted by Gasteiger charge is -2.23. The number of nitrogens with one attached hydrogen (secondary N) is 2. The van der Waals surface area contributed by atoms with Crippen molar-refractivity contribution in [2.24, 2.45) is 0 Å². The molecule has 0 bridgehead atoms. The lowest BCUT2D eigenvalue weighted by molar-refractivity contribution is -0.118. The van der Waals surface area contributed by atoms with E-state index in [0.29, 0.717) is 11.3 Å². The van der Waals surface area contributed by atoms with Crippen LogP contribution in [0.4, 0.5) is 5.69 Å². The van der Waals surface area contributed by atoms with Crippen LogP contribution in [-0.2, 0) is 11.2 Å². The van der Waals surface area contributed by atoms with E-state index in [1.165, 1.54) is 6.20 Å². The molecule has 2 aromatic heterocycles. The van der Waals surface area contributed by atoms with Crippen LogP contribution in [0.25, 0.3) is 0 Å². The maximum Gasteiger partial charge on any atom is 0.250 e. The normalized spacial score (nSPS) is 17.1. The van der Waals surface area contributed by atoms with E-state index in [1.54, 1.807) is 19.2 Å². The molecular formula is C16H17N3O2. The summed E-state index contributed by atoms with van der Waals surface area (Å²) in [4.78, 5) is 30.8. The third-order valence-electron chi connectivity index (χ3n) is 3.87. The fourth-order valence-corrected chi connectivity index (χ4v) is 2.76. The average Bonchev–Trinajstić information content (AvgIpc) is 2.50. The van der Waals surface area contributed by atoms with Gasteiger partial charge in [-0.25, -0.2) is 0 Å². The maximum atomic E-state index is 12.5. The first-order chi connectivity index (χ1) is 10.1. The lowest BCUT2D eigenvalue weighted by atomic mass is 9.86. The number of rotatable bonds is 2. The van der Waals surface area contributed by atoms with Gasteiger partial charge in [-0.15, -0.1) is 0 Å². The Morgan fingerprint density at radius 2 is 2.33 bits per heavy atom. The third kappa shape index (κ3) is 2.72. The molecule has 1 aliphatic carbocycles. The van der Waals surface area contributed by atoms with Crippen molar-refractivity contribution in [1.29, 1.82) is 0 Å². The molecule has 2 aromatic rings. The van der Waals surface area contributed by atoms with Gasteiger partial charge in [0.2, 0.25) is 5.91 Å². The van der Waals surface area contributed by atoms with Crippen LogP contribution in [0, 0.1) is 6.92 Å². The molecule has 0 saturated heterocycles. The van der Waals surface area contributed by atoms with Gasteiger partial charge in [0, 0.05) is 18.0 Å². The Balaban J connectivity index is 1.83. The molecule has 0 spiro atoms. The van der Waals surface area contributed by atoms with Gasteiger partial charge in [0.05, 0.1) is 17.3 Å². The van der Waals surface area contributed by atoms with Crippen LogP contribution in [0.1, 0.15) is 35.6 Å². The number of amides is 1. The smallest absolute Gasteiger partial charge is 0.250 e. The molecule has 1 amide bonds. The largest absolute Gasteiger partial charge is 0.327 e. The van der Waals surface area contributed by atoms with E-state index in [0.717, 1.165) is 30.5 Å². The van der Waals surface area contributed by atoms with Crippen molar-refractivity contribution in [1.82, 2.24) is 9.97 Å². The second-order valence-corrected chi connectivity index (χ2v) is 5.38. The van der Waals surface area contributed by atoms with E-state index < -0.39 is 0 Å². The zero-order chi connectivity index (χ0) is 14.8. The number of hydrogen-bond donors (Lipinski definition) is 2. The van der Waals surface area contributed by atoms with Gasteiger partial charge >= 0.3 is 0 Å². The molecule has 0 saturated carbocycles. The number of nitrogens with zero attached hydrogens (tertiary/aromatic N) is 1. The van der Waals surface area contributed by atoms with Crippen LogP contribution in [0.5, 0.6) is 0 Å². The summed E-state index contributed by atoms with van der Waals surface area (Å²) in [7, 11) is 0. The third-order valence-corrected chi connectivity index (χ3v) is 3.87. The highest BCUT2D eigenvalue weighted by Crippen LogP contribution is 2.30. The number of pyridine rings is 2. The summed E-state index contributed by atoms with van der Waals surface area (Å²) >= 11 is 0. The number of aromatic amines is 1. The van der Waals surface area contributed by atoms with Gasteiger partial charge < -0.3 is 10.3 Å². The van der Waals surface area contributed by atoms with Crippen molar-refractivity contribution in [2.75, 3.05) is 5.32 Å². The topological polar surface area (TPSA) is 74.8 Å². The Hall–Kier alpha value is -2.43. The number of fused-ring (bicyclic) bond motifs is 1. The molecule has 5 nitrogen and oxygen atoms in total. The Labute approximate surface area is 122 Å². The molecule has 5 heteroatoms. The van der Waals surface area contributed by atoms with Crippen LogP contribution in [0.3, 0.4) is 0 Å². The Morgan fingerprint density at radius 3 is 3.14 bits per heavy atom. The fourth-order valence-electron chi connectivity index (χ4n) is 2.76. The quantitative estimate of drug-likeness (QED) is 0.886. The van der Waals surface area contributed by atoms with Crippen LogP contribution < -0.4 is 10.9 Å². The molecule has 0 fully saturated rings. The molecule has 0 aromatic carbocycles. The second-order valence-electron chi connectivity index (χ2n) is 5.38. The summed E-state index contributed by atoms with van der Waals surface area (Å²) in [6.45, 7) is 1.71. The Morgan fingerprint density at radius 1 is 1.48 bits per heavy atom. The highest BCUT2D eigenvalue weighted by molar-refractivity contribution is 5.95. The van der Waals surface area contributed by atoms with Crippen molar-refractivity contribution < 1.29 is 4.79 Å². The van der Waals surface area contributed by atoms with Gasteiger partial charge in [0.15, 0.2) is 0 Å². The Kier molecular flexibility index (Phi) is 3.56. The van der Waals surface area contributed by atoms with E-state index in [-0.39, 0.29) is 17.4 Å². The molecule has 108 valence electrons. The molecule has 3 rings (SSSR count). The van der Waals surface area contributed by atoms with Crippen LogP contribution >= 0.6 is 0 Å². The summed E-state index contributed by atoms with van der Waals surface area (Å²) in [6.07, 6.45) is 6.02. The van der Waals surface area contributed by atoms with E-state index in [9.17, 15) is 9.59 Å². The van der Waals surface area contributed by atoms with Crippen molar-refractivity contribution in [3.8, 4) is 0 Å². The summed E-state index contributed by atoms with van der Waals surface area (Å²) < 4.78 is 0. The molecule has 1 atom stereocenters. The first-order valence-corrected chi connectivity index (χ1v) is 7.09. The first kappa shape index (κ1) is 13.5. The van der Waals surface area contributed by atoms with Crippen molar-refractivity contribution in [3.63, 3.8) is 0 Å². The number of anilines is 1. The molecule has 2 heterocycles. The van der Waals surface area contributed by atoms with Gasteiger partial charge in [-0.05, 0) is 43.9 Å². The summed E-state index contributed by atoms with van der Waals surface area (Å²) in [5, 5.41) is 2.87. The van der Waals surface area contributed by atoms with Gasteiger partial charge in [-0.2, -0.15) is 0 Å². The van der Waals surface area contributed by atoms with Crippen LogP contribution in [0.15, 0.2) is 35.4 Å². The summed E-state index contributed by atoms with van der Waals surface area (Å²) in [6, 6.07) is 5.62. The minimum Gasteiger partial charge on any atom is -0.327 e. The zero-order valence-electron chi connectivity index (χ0n) is 11.8. The predicted molar refractivity (Wildman–Crippen MR) is 80.3 cm³/mol. The minimum atomic E-state index is -0.220. The molecule has 1 unspecified atom stereocenters. The molecule has 21 heavy (non-hydrogen) atoms. The van der Waals surface area contributed by atoms with Gasteiger partial charge in [0.25, 0.3) is 5.56 Å². The molecule has 2 N–H and O–H groups in total. The lowest BCUT2D eigenvalue weighted by Crippen LogP contribution is -2.26. The zero-order valence-corrected chi connectivity index (χ0v) is 11.8. The molecule has 1 aliphatic rings.